The van der Waals surface area contributed by atoms with Crippen molar-refractivity contribution in [2.24, 2.45) is 23.2 Å². The molecule has 55 heavy (non-hydrogen) atoms. The summed E-state index contributed by atoms with van der Waals surface area (Å²) in [6.45, 7) is 10.2. The molecule has 8 aliphatic rings. The predicted molar refractivity (Wildman–Crippen MR) is 193 cm³/mol. The second-order valence-electron chi connectivity index (χ2n) is 17.6. The third-order valence-corrected chi connectivity index (χ3v) is 14.2. The predicted octanol–water partition coefficient (Wildman–Crippen LogP) is 4.03. The number of methoxy groups -OCH3 is 2. The monoisotopic (exact) mass is 778 g/mol. The van der Waals surface area contributed by atoms with E-state index in [2.05, 4.69) is 13.0 Å². The Hall–Kier alpha value is -1.69. The Bertz CT molecular complexity index is 1440. The summed E-state index contributed by atoms with van der Waals surface area (Å²) in [5, 5.41) is 21.5. The quantitative estimate of drug-likeness (QED) is 0.269. The van der Waals surface area contributed by atoms with Crippen LogP contribution in [0, 0.1) is 23.2 Å². The van der Waals surface area contributed by atoms with Crippen LogP contribution in [0.25, 0.3) is 0 Å². The number of aliphatic hydroxyl groups is 2. The molecule has 14 nitrogen and oxygen atoms in total. The standard InChI is InChI=1S/C41H62O14/c1-20-36(43)29(45-6)16-34(49-20)54-37-21(2)50-32(15-28(37)42)55-38-22(3)51-33(17-30(38)46-7)52-25-12-13-40(4)24(14-25)9-10-26-27(40)11-8-23-18-47-41(5)35(23)31(19-48-41)53-39(26)44/h9,18,20-22,25-38,42-43H,8,10-17,19H2,1-7H3/t20-,21-,22-,25+,26-,27+,28-,29-,30-,31+,32+,33+,34+,35+,36-,37-,38-,40+,41-/m1/s1. The number of carbonyl (C=O) groups excluding carboxylic acids is 1. The number of hydrogen-bond acceptors (Lipinski definition) is 14. The van der Waals surface area contributed by atoms with Crippen LogP contribution in [0.15, 0.2) is 23.5 Å². The van der Waals surface area contributed by atoms with E-state index in [-0.39, 0.29) is 60.0 Å². The molecule has 1 saturated carbocycles. The van der Waals surface area contributed by atoms with E-state index in [1.807, 2.05) is 27.0 Å². The van der Waals surface area contributed by atoms with Gasteiger partial charge in [-0.1, -0.05) is 18.6 Å². The highest BCUT2D eigenvalue weighted by molar-refractivity contribution is 5.74. The lowest BCUT2D eigenvalue weighted by molar-refractivity contribution is -0.337. The Morgan fingerprint density at radius 3 is 2.25 bits per heavy atom. The van der Waals surface area contributed by atoms with Crippen molar-refractivity contribution in [3.8, 4) is 0 Å². The molecule has 14 heteroatoms. The Kier molecular flexibility index (Phi) is 11.5. The molecule has 2 N–H and O–H groups in total. The van der Waals surface area contributed by atoms with Crippen molar-refractivity contribution in [3.05, 3.63) is 23.5 Å². The van der Waals surface area contributed by atoms with E-state index in [0.717, 1.165) is 32.1 Å². The highest BCUT2D eigenvalue weighted by Crippen LogP contribution is 2.57. The van der Waals surface area contributed by atoms with Gasteiger partial charge in [-0.15, -0.1) is 0 Å². The lowest BCUT2D eigenvalue weighted by Crippen LogP contribution is -2.56. The van der Waals surface area contributed by atoms with Crippen molar-refractivity contribution in [2.45, 2.75) is 184 Å². The van der Waals surface area contributed by atoms with Gasteiger partial charge in [0.1, 0.15) is 24.4 Å². The van der Waals surface area contributed by atoms with Crippen molar-refractivity contribution < 1.29 is 67.1 Å². The van der Waals surface area contributed by atoms with Crippen molar-refractivity contribution in [2.75, 3.05) is 20.8 Å². The first-order chi connectivity index (χ1) is 26.3. The first-order valence-corrected chi connectivity index (χ1v) is 20.5. The summed E-state index contributed by atoms with van der Waals surface area (Å²) in [5.41, 5.74) is 2.42. The Balaban J connectivity index is 0.851. The molecular formula is C41H62O14. The zero-order valence-corrected chi connectivity index (χ0v) is 33.3. The molecule has 0 bridgehead atoms. The summed E-state index contributed by atoms with van der Waals surface area (Å²) in [5.74, 6) is -0.920. The zero-order valence-electron chi connectivity index (χ0n) is 33.3. The molecule has 8 rings (SSSR count). The van der Waals surface area contributed by atoms with Crippen LogP contribution in [0.3, 0.4) is 0 Å². The highest BCUT2D eigenvalue weighted by atomic mass is 16.7. The first kappa shape index (κ1) is 40.1. The number of hydrogen-bond donors (Lipinski definition) is 2. The Morgan fingerprint density at radius 2 is 1.51 bits per heavy atom. The van der Waals surface area contributed by atoms with Gasteiger partial charge < -0.3 is 62.3 Å². The molecule has 0 radical (unpaired) electrons. The Labute approximate surface area is 324 Å². The topological polar surface area (TPSA) is 159 Å². The number of carbonyl (C=O) groups is 1. The van der Waals surface area contributed by atoms with Gasteiger partial charge in [-0.05, 0) is 76.2 Å². The van der Waals surface area contributed by atoms with Crippen LogP contribution in [-0.4, -0.2) is 129 Å². The molecule has 0 unspecified atom stereocenters. The van der Waals surface area contributed by atoms with E-state index in [9.17, 15) is 15.0 Å². The smallest absolute Gasteiger partial charge is 0.309 e. The molecule has 6 heterocycles. The van der Waals surface area contributed by atoms with Crippen LogP contribution in [0.4, 0.5) is 0 Å². The van der Waals surface area contributed by atoms with E-state index >= 15 is 0 Å². The first-order valence-electron chi connectivity index (χ1n) is 20.5. The van der Waals surface area contributed by atoms with E-state index in [0.29, 0.717) is 25.9 Å². The van der Waals surface area contributed by atoms with Crippen molar-refractivity contribution in [3.63, 3.8) is 0 Å². The maximum atomic E-state index is 13.7. The average Bonchev–Trinajstić information content (AvgIpc) is 3.66. The summed E-state index contributed by atoms with van der Waals surface area (Å²) < 4.78 is 67.3. The number of allylic oxidation sites excluding steroid dienone is 1. The minimum absolute atomic E-state index is 0.0253. The van der Waals surface area contributed by atoms with E-state index in [1.54, 1.807) is 21.1 Å². The van der Waals surface area contributed by atoms with Gasteiger partial charge in [0.2, 0.25) is 5.79 Å². The molecule has 19 atom stereocenters. The van der Waals surface area contributed by atoms with E-state index in [4.69, 9.17) is 52.1 Å². The van der Waals surface area contributed by atoms with Crippen LogP contribution >= 0.6 is 0 Å². The molecule has 0 aromatic carbocycles. The number of esters is 1. The molecule has 0 amide bonds. The zero-order chi connectivity index (χ0) is 38.8. The van der Waals surface area contributed by atoms with Gasteiger partial charge in [-0.3, -0.25) is 4.79 Å². The van der Waals surface area contributed by atoms with Crippen LogP contribution in [0.2, 0.25) is 0 Å². The lowest BCUT2D eigenvalue weighted by Gasteiger charge is -2.50. The van der Waals surface area contributed by atoms with Gasteiger partial charge in [0.25, 0.3) is 0 Å². The minimum Gasteiger partial charge on any atom is -0.469 e. The van der Waals surface area contributed by atoms with Crippen molar-refractivity contribution >= 4 is 5.97 Å². The van der Waals surface area contributed by atoms with Gasteiger partial charge in [-0.2, -0.15) is 0 Å². The summed E-state index contributed by atoms with van der Waals surface area (Å²) in [6.07, 6.45) is 3.21. The molecule has 0 aromatic heterocycles. The summed E-state index contributed by atoms with van der Waals surface area (Å²) in [4.78, 5) is 13.7. The third-order valence-electron chi connectivity index (χ3n) is 14.2. The maximum Gasteiger partial charge on any atom is 0.309 e. The van der Waals surface area contributed by atoms with Gasteiger partial charge in [0.05, 0.1) is 67.4 Å². The Morgan fingerprint density at radius 1 is 0.836 bits per heavy atom. The van der Waals surface area contributed by atoms with Gasteiger partial charge in [-0.25, -0.2) is 0 Å². The second-order valence-corrected chi connectivity index (χ2v) is 17.6. The van der Waals surface area contributed by atoms with Crippen LogP contribution in [0.5, 0.6) is 0 Å². The fourth-order valence-corrected chi connectivity index (χ4v) is 11.0. The molecule has 5 saturated heterocycles. The van der Waals surface area contributed by atoms with Crippen molar-refractivity contribution in [1.29, 1.82) is 0 Å². The largest absolute Gasteiger partial charge is 0.469 e. The second kappa shape index (κ2) is 15.8. The van der Waals surface area contributed by atoms with Crippen LogP contribution in [0.1, 0.15) is 92.4 Å². The molecule has 6 fully saturated rings. The van der Waals surface area contributed by atoms with Gasteiger partial charge >= 0.3 is 5.97 Å². The van der Waals surface area contributed by atoms with E-state index < -0.39 is 67.4 Å². The minimum atomic E-state index is -0.866. The third kappa shape index (κ3) is 7.56. The molecule has 0 spiro atoms. The van der Waals surface area contributed by atoms with Crippen molar-refractivity contribution in [1.82, 2.24) is 0 Å². The molecule has 2 aliphatic carbocycles. The molecule has 310 valence electrons. The van der Waals surface area contributed by atoms with Gasteiger partial charge in [0.15, 0.2) is 18.9 Å². The number of rotatable bonds is 8. The maximum absolute atomic E-state index is 13.7. The normalized spacial score (nSPS) is 51.2. The molecular weight excluding hydrogens is 716 g/mol. The highest BCUT2D eigenvalue weighted by Gasteiger charge is 2.58. The number of ether oxygens (including phenoxy) is 11. The SMILES string of the molecule is CO[C@@H]1C[C@H](O[C@H]2[C@H](O)C[C@H](O[C@@H]3[C@@H](C)O[C@@H](O[C@H]4CC[C@@]5(C)C(=CC[C@H]6C(=O)O[C@H]7CO[C@@]8(C)OC=C(CC[C@@H]65)[C@@H]78)C4)C[C@H]3OC)O[C@@H]2C)O[C@H](C)[C@H]1O. The summed E-state index contributed by atoms with van der Waals surface area (Å²) >= 11 is 0. The molecule has 6 aliphatic heterocycles. The summed E-state index contributed by atoms with van der Waals surface area (Å²) in [6, 6.07) is 0. The summed E-state index contributed by atoms with van der Waals surface area (Å²) in [7, 11) is 3.22. The fourth-order valence-electron chi connectivity index (χ4n) is 11.0. The van der Waals surface area contributed by atoms with Crippen LogP contribution < -0.4 is 0 Å². The van der Waals surface area contributed by atoms with Crippen LogP contribution in [-0.2, 0) is 56.9 Å². The van der Waals surface area contributed by atoms with Gasteiger partial charge in [0, 0.05) is 40.4 Å². The lowest BCUT2D eigenvalue weighted by atomic mass is 9.55. The molecule has 0 aromatic rings. The number of fused-ring (bicyclic) bond motifs is 3. The van der Waals surface area contributed by atoms with E-state index in [1.165, 1.54) is 11.1 Å². The average molecular weight is 779 g/mol. The fraction of sp³-hybridized carbons (Fsp3) is 0.878. The number of aliphatic hydroxyl groups excluding tert-OH is 2.